The summed E-state index contributed by atoms with van der Waals surface area (Å²) in [6.45, 7) is 11.4. The zero-order valence-electron chi connectivity index (χ0n) is 20.1. The maximum Gasteiger partial charge on any atom is 0.348 e. The Morgan fingerprint density at radius 2 is 1.12 bits per heavy atom. The highest BCUT2D eigenvalue weighted by atomic mass is 35.5. The predicted molar refractivity (Wildman–Crippen MR) is 126 cm³/mol. The summed E-state index contributed by atoms with van der Waals surface area (Å²) in [5.41, 5.74) is 0. The maximum absolute atomic E-state index is 7.05. The summed E-state index contributed by atoms with van der Waals surface area (Å²) in [6.07, 6.45) is 14.4. The van der Waals surface area contributed by atoms with Crippen LogP contribution in [-0.4, -0.2) is 34.3 Å². The molecule has 1 aromatic carbocycles. The van der Waals surface area contributed by atoms with Crippen LogP contribution in [0.3, 0.4) is 0 Å². The molecular weight excluding hydrogens is 495 g/mol. The summed E-state index contributed by atoms with van der Waals surface area (Å²) < 4.78 is 22.7. The van der Waals surface area contributed by atoms with E-state index in [2.05, 4.69) is 119 Å². The van der Waals surface area contributed by atoms with Gasteiger partial charge in [-0.3, -0.25) is 0 Å². The van der Waals surface area contributed by atoms with Crippen molar-refractivity contribution >= 4 is 30.4 Å². The summed E-state index contributed by atoms with van der Waals surface area (Å²) in [5, 5.41) is 1.21. The molecule has 32 heavy (non-hydrogen) atoms. The quantitative estimate of drug-likeness (QED) is 0.210. The number of aryl methyl sites for hydroxylation is 2. The second-order valence-electron chi connectivity index (χ2n) is 9.54. The molecule has 6 nitrogen and oxygen atoms in total. The van der Waals surface area contributed by atoms with E-state index in [-0.39, 0.29) is 24.8 Å². The zero-order chi connectivity index (χ0) is 22.0. The minimum absolute atomic E-state index is 0. The van der Waals surface area contributed by atoms with Crippen molar-refractivity contribution in [3.8, 4) is 0 Å². The zero-order valence-corrected chi connectivity index (χ0v) is 24.6. The van der Waals surface area contributed by atoms with Crippen molar-refractivity contribution in [3.63, 3.8) is 0 Å². The minimum Gasteiger partial charge on any atom is -1.00 e. The second-order valence-corrected chi connectivity index (χ2v) is 21.3. The van der Waals surface area contributed by atoms with Gasteiger partial charge in [0, 0.05) is 0 Å². The Morgan fingerprint density at radius 3 is 1.47 bits per heavy atom. The van der Waals surface area contributed by atoms with Gasteiger partial charge >= 0.3 is 8.56 Å². The number of imidazole rings is 2. The minimum atomic E-state index is -2.61. The van der Waals surface area contributed by atoms with Gasteiger partial charge in [0.25, 0.3) is 0 Å². The maximum atomic E-state index is 7.05. The van der Waals surface area contributed by atoms with E-state index in [0.29, 0.717) is 0 Å². The smallest absolute Gasteiger partial charge is 0.348 e. The van der Waals surface area contributed by atoms with Crippen molar-refractivity contribution in [2.45, 2.75) is 45.1 Å². The number of rotatable bonds is 9. The molecule has 0 saturated carbocycles. The average Bonchev–Trinajstić information content (AvgIpc) is 3.21. The molecular formula is C21H36Cl2N4O2Si3. The number of halogens is 2. The van der Waals surface area contributed by atoms with Crippen LogP contribution in [0.1, 0.15) is 0 Å². The van der Waals surface area contributed by atoms with Gasteiger partial charge in [-0.15, -0.1) is 0 Å². The summed E-state index contributed by atoms with van der Waals surface area (Å²) in [7, 11) is -2.59. The van der Waals surface area contributed by atoms with E-state index in [4.69, 9.17) is 8.23 Å². The van der Waals surface area contributed by atoms with Gasteiger partial charge in [0.15, 0.2) is 0 Å². The van der Waals surface area contributed by atoms with Gasteiger partial charge in [0.2, 0.25) is 29.3 Å². The third-order valence-corrected chi connectivity index (χ3v) is 16.2. The number of hydrogen-bond donors (Lipinski definition) is 0. The highest BCUT2D eigenvalue weighted by molar-refractivity contribution is 6.94. The molecule has 0 spiro atoms. The summed E-state index contributed by atoms with van der Waals surface area (Å²) >= 11 is 0. The summed E-state index contributed by atoms with van der Waals surface area (Å²) in [6, 6.07) is 10.6. The molecule has 0 fully saturated rings. The van der Waals surface area contributed by atoms with Crippen molar-refractivity contribution < 1.29 is 42.2 Å². The lowest BCUT2D eigenvalue weighted by Gasteiger charge is -2.39. The van der Waals surface area contributed by atoms with Gasteiger partial charge < -0.3 is 33.0 Å². The van der Waals surface area contributed by atoms with Gasteiger partial charge in [-0.1, -0.05) is 30.3 Å². The van der Waals surface area contributed by atoms with Crippen molar-refractivity contribution in [1.82, 2.24) is 9.13 Å². The lowest BCUT2D eigenvalue weighted by molar-refractivity contribution is -0.671. The number of nitrogens with zero attached hydrogens (tertiary/aromatic N) is 4. The fourth-order valence-corrected chi connectivity index (χ4v) is 17.4. The molecule has 0 atom stereocenters. The largest absolute Gasteiger partial charge is 1.00 e. The van der Waals surface area contributed by atoms with Crippen molar-refractivity contribution in [2.24, 2.45) is 14.1 Å². The Kier molecular flexibility index (Phi) is 10.2. The van der Waals surface area contributed by atoms with Crippen LogP contribution in [0.4, 0.5) is 0 Å². The molecule has 0 aliphatic carbocycles. The molecule has 0 saturated heterocycles. The topological polar surface area (TPSA) is 36.1 Å². The first kappa shape index (κ1) is 28.8. The standard InChI is InChI=1S/C21H36N4O2Si3.2ClH/c1-22-13-15-24(17-22)19-28(3,4)26-30(7,21-11-9-8-10-12-21)27-29(5,6)20-25-16-14-23(2)18-25;;/h8-18H,19-20H2,1-7H3;2*1H/q+2;;/p-2. The lowest BCUT2D eigenvalue weighted by atomic mass is 10.4. The van der Waals surface area contributed by atoms with E-state index in [9.17, 15) is 0 Å². The highest BCUT2D eigenvalue weighted by Gasteiger charge is 2.46. The van der Waals surface area contributed by atoms with Crippen LogP contribution in [0, 0.1) is 0 Å². The Morgan fingerprint density at radius 1 is 0.719 bits per heavy atom. The first-order valence-electron chi connectivity index (χ1n) is 10.4. The summed E-state index contributed by atoms with van der Waals surface area (Å²) in [5.74, 6) is 0. The third-order valence-electron chi connectivity index (χ3n) is 5.01. The third kappa shape index (κ3) is 7.98. The molecule has 0 aliphatic heterocycles. The molecule has 3 aromatic rings. The number of aromatic nitrogens is 4. The lowest BCUT2D eigenvalue weighted by Crippen LogP contribution is -3.00. The fourth-order valence-electron chi connectivity index (χ4n) is 4.07. The Labute approximate surface area is 208 Å². The molecule has 11 heteroatoms. The van der Waals surface area contributed by atoms with Gasteiger partial charge in [-0.2, -0.15) is 0 Å². The normalized spacial score (nSPS) is 12.2. The predicted octanol–water partition coefficient (Wildman–Crippen LogP) is -3.85. The van der Waals surface area contributed by atoms with E-state index >= 15 is 0 Å². The highest BCUT2D eigenvalue weighted by Crippen LogP contribution is 2.23. The molecule has 0 aliphatic rings. The second kappa shape index (κ2) is 11.3. The van der Waals surface area contributed by atoms with Crippen LogP contribution >= 0.6 is 0 Å². The molecule has 3 rings (SSSR count). The molecule has 0 unspecified atom stereocenters. The Hall–Kier alpha value is -1.21. The van der Waals surface area contributed by atoms with Crippen LogP contribution < -0.4 is 39.1 Å². The molecule has 0 radical (unpaired) electrons. The molecule has 0 amide bonds. The van der Waals surface area contributed by atoms with E-state index in [1.54, 1.807) is 0 Å². The summed E-state index contributed by atoms with van der Waals surface area (Å²) in [4.78, 5) is 0. The molecule has 2 aromatic heterocycles. The first-order chi connectivity index (χ1) is 14.0. The molecule has 2 heterocycles. The van der Waals surface area contributed by atoms with Gasteiger partial charge in [0.1, 0.15) is 37.1 Å². The van der Waals surface area contributed by atoms with Crippen LogP contribution in [0.5, 0.6) is 0 Å². The van der Waals surface area contributed by atoms with Crippen LogP contribution in [0.15, 0.2) is 67.8 Å². The van der Waals surface area contributed by atoms with Gasteiger partial charge in [-0.25, -0.2) is 18.3 Å². The van der Waals surface area contributed by atoms with E-state index < -0.39 is 25.2 Å². The Bertz CT molecular complexity index is 924. The van der Waals surface area contributed by atoms with Gasteiger partial charge in [0.05, 0.1) is 14.1 Å². The number of hydrogen-bond acceptors (Lipinski definition) is 2. The molecule has 0 N–H and O–H groups in total. The molecule has 0 bridgehead atoms. The van der Waals surface area contributed by atoms with Crippen LogP contribution in [0.2, 0.25) is 32.7 Å². The fraction of sp³-hybridized carbons (Fsp3) is 0.429. The van der Waals surface area contributed by atoms with Crippen molar-refractivity contribution in [3.05, 3.63) is 67.8 Å². The first-order valence-corrected chi connectivity index (χ1v) is 19.0. The van der Waals surface area contributed by atoms with Crippen LogP contribution in [-0.2, 0) is 34.7 Å². The molecule has 178 valence electrons. The van der Waals surface area contributed by atoms with Crippen LogP contribution in [0.25, 0.3) is 0 Å². The van der Waals surface area contributed by atoms with E-state index in [1.807, 2.05) is 14.1 Å². The number of benzene rings is 1. The van der Waals surface area contributed by atoms with E-state index in [0.717, 1.165) is 12.3 Å². The van der Waals surface area contributed by atoms with E-state index in [1.165, 1.54) is 5.19 Å². The SMILES string of the molecule is C[n+]1ccn(C[Si](C)(C)O[Si](C)(O[Si](C)(C)Cn2cc[n+](C)c2)c2ccccc2)c1.[Cl-].[Cl-]. The van der Waals surface area contributed by atoms with Gasteiger partial charge in [-0.05, 0) is 37.9 Å². The monoisotopic (exact) mass is 530 g/mol. The average molecular weight is 532 g/mol. The van der Waals surface area contributed by atoms with Crippen molar-refractivity contribution in [2.75, 3.05) is 0 Å². The van der Waals surface area contributed by atoms with Crippen molar-refractivity contribution in [1.29, 1.82) is 0 Å². The Balaban J connectivity index is 0.00000256.